The van der Waals surface area contributed by atoms with Crippen LogP contribution in [0.4, 0.5) is 4.79 Å². The summed E-state index contributed by atoms with van der Waals surface area (Å²) >= 11 is 3.14. The van der Waals surface area contributed by atoms with Crippen LogP contribution in [-0.2, 0) is 12.1 Å². The average Bonchev–Trinajstić information content (AvgIpc) is 3.20. The smallest absolute Gasteiger partial charge is 0.315 e. The lowest BCUT2D eigenvalue weighted by Crippen LogP contribution is -2.42. The van der Waals surface area contributed by atoms with Crippen molar-refractivity contribution in [3.05, 3.63) is 57.6 Å². The normalized spacial score (nSPS) is 13.7. The Balaban J connectivity index is 1.58. The van der Waals surface area contributed by atoms with E-state index in [1.165, 1.54) is 0 Å². The molecule has 4 nitrogen and oxygen atoms in total. The van der Waals surface area contributed by atoms with Gasteiger partial charge in [0.25, 0.3) is 0 Å². The molecule has 1 aromatic carbocycles. The molecule has 3 rings (SSSR count). The predicted octanol–water partition coefficient (Wildman–Crippen LogP) is 3.67. The Morgan fingerprint density at radius 2 is 2.04 bits per heavy atom. The maximum absolute atomic E-state index is 11.9. The first kappa shape index (κ1) is 16.0. The van der Waals surface area contributed by atoms with Crippen molar-refractivity contribution in [2.24, 2.45) is 0 Å². The summed E-state index contributed by atoms with van der Waals surface area (Å²) in [4.78, 5) is 13.8. The minimum Gasteiger partial charge on any atom is -0.383 e. The van der Waals surface area contributed by atoms with E-state index in [2.05, 4.69) is 10.6 Å². The zero-order chi connectivity index (χ0) is 16.3. The third-order valence-corrected chi connectivity index (χ3v) is 5.80. The van der Waals surface area contributed by atoms with Gasteiger partial charge in [-0.05, 0) is 35.9 Å². The summed E-state index contributed by atoms with van der Waals surface area (Å²) < 4.78 is 1.13. The monoisotopic (exact) mass is 346 g/mol. The molecular formula is C17H18N2O2S2. The van der Waals surface area contributed by atoms with Gasteiger partial charge < -0.3 is 15.7 Å². The van der Waals surface area contributed by atoms with E-state index in [0.29, 0.717) is 6.54 Å². The zero-order valence-corrected chi connectivity index (χ0v) is 14.3. The van der Waals surface area contributed by atoms with Gasteiger partial charge in [-0.25, -0.2) is 4.79 Å². The molecule has 0 spiro atoms. The highest BCUT2D eigenvalue weighted by Crippen LogP contribution is 2.32. The molecule has 6 heteroatoms. The number of amides is 2. The Morgan fingerprint density at radius 1 is 1.22 bits per heavy atom. The Morgan fingerprint density at radius 3 is 2.78 bits per heavy atom. The summed E-state index contributed by atoms with van der Waals surface area (Å²) in [5, 5.41) is 19.3. The molecule has 0 aliphatic heterocycles. The third kappa shape index (κ3) is 3.90. The van der Waals surface area contributed by atoms with Gasteiger partial charge in [0.1, 0.15) is 5.60 Å². The van der Waals surface area contributed by atoms with Crippen LogP contribution in [0.25, 0.3) is 10.1 Å². The number of carbonyl (C=O) groups excluding carboxylic acids is 1. The number of urea groups is 1. The molecule has 2 heterocycles. The Bertz CT molecular complexity index is 761. The summed E-state index contributed by atoms with van der Waals surface area (Å²) in [5.74, 6) is 0. The first-order valence-corrected chi connectivity index (χ1v) is 9.00. The molecule has 0 unspecified atom stereocenters. The Labute approximate surface area is 142 Å². The van der Waals surface area contributed by atoms with Crippen LogP contribution in [0.1, 0.15) is 16.7 Å². The molecule has 0 aliphatic carbocycles. The number of thiophene rings is 2. The number of nitrogens with one attached hydrogen (secondary N) is 2. The first-order valence-electron chi connectivity index (χ1n) is 7.30. The lowest BCUT2D eigenvalue weighted by atomic mass is 10.0. The highest BCUT2D eigenvalue weighted by Gasteiger charge is 2.26. The molecular weight excluding hydrogens is 328 g/mol. The highest BCUT2D eigenvalue weighted by atomic mass is 32.1. The van der Waals surface area contributed by atoms with Crippen molar-refractivity contribution >= 4 is 38.8 Å². The zero-order valence-electron chi connectivity index (χ0n) is 12.7. The van der Waals surface area contributed by atoms with Gasteiger partial charge in [0, 0.05) is 14.5 Å². The van der Waals surface area contributed by atoms with Crippen molar-refractivity contribution in [1.29, 1.82) is 0 Å². The van der Waals surface area contributed by atoms with E-state index in [1.807, 2.05) is 47.8 Å². The van der Waals surface area contributed by atoms with Crippen molar-refractivity contribution < 1.29 is 9.90 Å². The number of aliphatic hydroxyl groups is 1. The van der Waals surface area contributed by atoms with E-state index in [0.717, 1.165) is 19.8 Å². The fraction of sp³-hybridized carbons (Fsp3) is 0.235. The van der Waals surface area contributed by atoms with Crippen molar-refractivity contribution in [3.63, 3.8) is 0 Å². The lowest BCUT2D eigenvalue weighted by Gasteiger charge is -2.22. The molecule has 0 radical (unpaired) electrons. The number of hydrogen-bond acceptors (Lipinski definition) is 4. The molecule has 0 fully saturated rings. The number of benzene rings is 1. The average molecular weight is 346 g/mol. The van der Waals surface area contributed by atoms with E-state index in [4.69, 9.17) is 0 Å². The summed E-state index contributed by atoms with van der Waals surface area (Å²) in [7, 11) is 0. The van der Waals surface area contributed by atoms with E-state index in [9.17, 15) is 9.90 Å². The van der Waals surface area contributed by atoms with Crippen LogP contribution in [0.5, 0.6) is 0 Å². The molecule has 23 heavy (non-hydrogen) atoms. The van der Waals surface area contributed by atoms with Gasteiger partial charge in [0.15, 0.2) is 0 Å². The quantitative estimate of drug-likeness (QED) is 0.660. The van der Waals surface area contributed by atoms with Gasteiger partial charge in [0.05, 0.1) is 13.1 Å². The second-order valence-electron chi connectivity index (χ2n) is 5.54. The molecule has 0 aliphatic rings. The summed E-state index contributed by atoms with van der Waals surface area (Å²) in [6.07, 6.45) is 0. The molecule has 3 aromatic rings. The second-order valence-corrected chi connectivity index (χ2v) is 7.65. The molecule has 1 atom stereocenters. The molecule has 0 bridgehead atoms. The highest BCUT2D eigenvalue weighted by molar-refractivity contribution is 7.19. The fourth-order valence-electron chi connectivity index (χ4n) is 2.23. The van der Waals surface area contributed by atoms with Gasteiger partial charge in [-0.15, -0.1) is 22.7 Å². The van der Waals surface area contributed by atoms with Crippen LogP contribution in [0.2, 0.25) is 0 Å². The van der Waals surface area contributed by atoms with Crippen LogP contribution >= 0.6 is 22.7 Å². The van der Waals surface area contributed by atoms with Gasteiger partial charge in [-0.3, -0.25) is 0 Å². The lowest BCUT2D eigenvalue weighted by molar-refractivity contribution is 0.0632. The minimum atomic E-state index is -1.09. The van der Waals surface area contributed by atoms with E-state index < -0.39 is 5.60 Å². The Kier molecular flexibility index (Phi) is 4.66. The first-order chi connectivity index (χ1) is 11.0. The molecule has 0 saturated carbocycles. The predicted molar refractivity (Wildman–Crippen MR) is 96.0 cm³/mol. The SMILES string of the molecule is C[C@](O)(CNC(=O)NCc1cccs1)c1cc2ccccc2s1. The van der Waals surface area contributed by atoms with Crippen molar-refractivity contribution in [2.45, 2.75) is 19.1 Å². The van der Waals surface area contributed by atoms with Crippen LogP contribution in [0.3, 0.4) is 0 Å². The number of carbonyl (C=O) groups is 1. The van der Waals surface area contributed by atoms with Gasteiger partial charge in [-0.1, -0.05) is 24.3 Å². The van der Waals surface area contributed by atoms with Crippen LogP contribution in [-0.4, -0.2) is 17.7 Å². The largest absolute Gasteiger partial charge is 0.383 e. The maximum Gasteiger partial charge on any atom is 0.315 e. The molecule has 3 N–H and O–H groups in total. The van der Waals surface area contributed by atoms with Crippen LogP contribution in [0, 0.1) is 0 Å². The van der Waals surface area contributed by atoms with E-state index in [-0.39, 0.29) is 12.6 Å². The summed E-state index contributed by atoms with van der Waals surface area (Å²) in [5.41, 5.74) is -1.09. The van der Waals surface area contributed by atoms with Gasteiger partial charge in [0.2, 0.25) is 0 Å². The van der Waals surface area contributed by atoms with Gasteiger partial charge in [-0.2, -0.15) is 0 Å². The standard InChI is InChI=1S/C17H18N2O2S2/c1-17(21,15-9-12-5-2-3-7-14(12)23-15)11-19-16(20)18-10-13-6-4-8-22-13/h2-9,21H,10-11H2,1H3,(H2,18,19,20)/t17-/m0/s1. The summed E-state index contributed by atoms with van der Waals surface area (Å²) in [6, 6.07) is 13.6. The van der Waals surface area contributed by atoms with Crippen LogP contribution in [0.15, 0.2) is 47.8 Å². The maximum atomic E-state index is 11.9. The van der Waals surface area contributed by atoms with Crippen molar-refractivity contribution in [3.8, 4) is 0 Å². The molecule has 2 aromatic heterocycles. The number of hydrogen-bond donors (Lipinski definition) is 3. The van der Waals surface area contributed by atoms with Crippen molar-refractivity contribution in [2.75, 3.05) is 6.54 Å². The number of fused-ring (bicyclic) bond motifs is 1. The Hall–Kier alpha value is -1.89. The molecule has 0 saturated heterocycles. The third-order valence-electron chi connectivity index (χ3n) is 3.55. The van der Waals surface area contributed by atoms with E-state index >= 15 is 0 Å². The molecule has 120 valence electrons. The number of rotatable bonds is 5. The summed E-state index contributed by atoms with van der Waals surface area (Å²) in [6.45, 7) is 2.38. The van der Waals surface area contributed by atoms with E-state index in [1.54, 1.807) is 29.6 Å². The fourth-order valence-corrected chi connectivity index (χ4v) is 3.98. The second kappa shape index (κ2) is 6.70. The molecule has 2 amide bonds. The van der Waals surface area contributed by atoms with Gasteiger partial charge >= 0.3 is 6.03 Å². The minimum absolute atomic E-state index is 0.163. The van der Waals surface area contributed by atoms with Crippen molar-refractivity contribution in [1.82, 2.24) is 10.6 Å². The van der Waals surface area contributed by atoms with Crippen LogP contribution < -0.4 is 10.6 Å². The topological polar surface area (TPSA) is 61.4 Å².